The second-order valence-corrected chi connectivity index (χ2v) is 13.0. The van der Waals surface area contributed by atoms with E-state index in [0.29, 0.717) is 32.9 Å². The van der Waals surface area contributed by atoms with Gasteiger partial charge in [-0.25, -0.2) is 4.39 Å². The minimum atomic E-state index is -0.341. The molecule has 5 nitrogen and oxygen atoms in total. The predicted octanol–water partition coefficient (Wildman–Crippen LogP) is 7.93. The van der Waals surface area contributed by atoms with Crippen molar-refractivity contribution in [1.29, 1.82) is 0 Å². The number of nitrogens with zero attached hydrogens (tertiary/aromatic N) is 3. The number of fused-ring (bicyclic) bond motifs is 3. The summed E-state index contributed by atoms with van der Waals surface area (Å²) in [6, 6.07) is 24.0. The van der Waals surface area contributed by atoms with E-state index in [1.165, 1.54) is 11.6 Å². The molecule has 2 aliphatic rings. The van der Waals surface area contributed by atoms with Crippen molar-refractivity contribution in [2.75, 3.05) is 44.7 Å². The van der Waals surface area contributed by atoms with Crippen molar-refractivity contribution < 1.29 is 14.0 Å². The van der Waals surface area contributed by atoms with Crippen LogP contribution in [0.2, 0.25) is 10.0 Å². The zero-order valence-corrected chi connectivity index (χ0v) is 26.5. The lowest BCUT2D eigenvalue weighted by Gasteiger charge is -2.40. The van der Waals surface area contributed by atoms with Crippen LogP contribution >= 0.6 is 23.2 Å². The maximum Gasteiger partial charge on any atom is 0.254 e. The lowest BCUT2D eigenvalue weighted by molar-refractivity contribution is -0.116. The van der Waals surface area contributed by atoms with E-state index in [0.717, 1.165) is 56.7 Å². The monoisotopic (exact) mass is 631 g/mol. The van der Waals surface area contributed by atoms with E-state index in [-0.39, 0.29) is 29.0 Å². The molecule has 2 amide bonds. The van der Waals surface area contributed by atoms with Crippen LogP contribution in [0, 0.1) is 5.82 Å². The maximum atomic E-state index is 14.5. The Bertz CT molecular complexity index is 1720. The number of likely N-dealkylation sites (N-methyl/N-ethyl adjacent to an activating group) is 1. The number of halogens is 3. The molecule has 4 aromatic carbocycles. The van der Waals surface area contributed by atoms with E-state index in [9.17, 15) is 14.0 Å². The van der Waals surface area contributed by atoms with Gasteiger partial charge in [0.1, 0.15) is 5.82 Å². The summed E-state index contributed by atoms with van der Waals surface area (Å²) in [5, 5.41) is 2.03. The Hall–Kier alpha value is -3.45. The summed E-state index contributed by atoms with van der Waals surface area (Å²) >= 11 is 12.7. The third-order valence-electron chi connectivity index (χ3n) is 9.57. The average molecular weight is 633 g/mol. The number of carbonyl (C=O) groups is 2. The first kappa shape index (κ1) is 30.6. The summed E-state index contributed by atoms with van der Waals surface area (Å²) in [5.41, 5.74) is 3.84. The highest BCUT2D eigenvalue weighted by Gasteiger charge is 2.45. The first-order valence-corrected chi connectivity index (χ1v) is 15.9. The van der Waals surface area contributed by atoms with Crippen LogP contribution in [0.15, 0.2) is 78.9 Å². The molecule has 0 saturated carbocycles. The van der Waals surface area contributed by atoms with Gasteiger partial charge in [-0.2, -0.15) is 0 Å². The zero-order valence-electron chi connectivity index (χ0n) is 25.0. The van der Waals surface area contributed by atoms with Crippen LogP contribution in [0.5, 0.6) is 0 Å². The van der Waals surface area contributed by atoms with Gasteiger partial charge in [0.05, 0.1) is 10.0 Å². The van der Waals surface area contributed by atoms with Crippen molar-refractivity contribution in [3.05, 3.63) is 111 Å². The van der Waals surface area contributed by atoms with E-state index in [1.54, 1.807) is 43.1 Å². The van der Waals surface area contributed by atoms with Crippen LogP contribution in [0.3, 0.4) is 0 Å². The fourth-order valence-electron chi connectivity index (χ4n) is 7.08. The Morgan fingerprint density at radius 2 is 1.64 bits per heavy atom. The highest BCUT2D eigenvalue weighted by atomic mass is 35.5. The molecule has 228 valence electrons. The van der Waals surface area contributed by atoms with Crippen molar-refractivity contribution >= 4 is 51.5 Å². The maximum absolute atomic E-state index is 14.5. The van der Waals surface area contributed by atoms with E-state index in [1.807, 2.05) is 35.2 Å². The third-order valence-corrected chi connectivity index (χ3v) is 10.3. The lowest BCUT2D eigenvalue weighted by Crippen LogP contribution is -2.46. The predicted molar refractivity (Wildman–Crippen MR) is 177 cm³/mol. The summed E-state index contributed by atoms with van der Waals surface area (Å²) in [4.78, 5) is 32.3. The molecule has 0 N–H and O–H groups in total. The van der Waals surface area contributed by atoms with E-state index < -0.39 is 0 Å². The van der Waals surface area contributed by atoms with E-state index >= 15 is 0 Å². The van der Waals surface area contributed by atoms with Gasteiger partial charge in [0.25, 0.3) is 5.91 Å². The summed E-state index contributed by atoms with van der Waals surface area (Å²) < 4.78 is 14.5. The van der Waals surface area contributed by atoms with Gasteiger partial charge in [-0.3, -0.25) is 9.59 Å². The smallest absolute Gasteiger partial charge is 0.254 e. The van der Waals surface area contributed by atoms with Gasteiger partial charge in [0.15, 0.2) is 0 Å². The number of anilines is 1. The van der Waals surface area contributed by atoms with Crippen molar-refractivity contribution in [2.24, 2.45) is 0 Å². The van der Waals surface area contributed by atoms with Crippen molar-refractivity contribution in [1.82, 2.24) is 9.80 Å². The van der Waals surface area contributed by atoms with Crippen LogP contribution in [0.25, 0.3) is 10.8 Å². The Morgan fingerprint density at radius 1 is 0.932 bits per heavy atom. The van der Waals surface area contributed by atoms with Gasteiger partial charge in [0, 0.05) is 55.0 Å². The largest absolute Gasteiger partial charge is 0.341 e. The molecule has 1 fully saturated rings. The molecule has 2 heterocycles. The number of carbonyl (C=O) groups excluding carboxylic acids is 2. The van der Waals surface area contributed by atoms with Gasteiger partial charge in [-0.05, 0) is 85.7 Å². The quantitative estimate of drug-likeness (QED) is 0.208. The number of hydrogen-bond acceptors (Lipinski definition) is 3. The van der Waals surface area contributed by atoms with Crippen LogP contribution in [0.1, 0.15) is 53.6 Å². The molecule has 1 saturated heterocycles. The number of rotatable bonds is 7. The summed E-state index contributed by atoms with van der Waals surface area (Å²) in [7, 11) is 1.80. The van der Waals surface area contributed by atoms with Gasteiger partial charge in [0.2, 0.25) is 5.91 Å². The second-order valence-electron chi connectivity index (χ2n) is 12.2. The summed E-state index contributed by atoms with van der Waals surface area (Å²) in [6.45, 7) is 5.59. The first-order valence-electron chi connectivity index (χ1n) is 15.1. The van der Waals surface area contributed by atoms with Gasteiger partial charge in [-0.15, -0.1) is 0 Å². The first-order chi connectivity index (χ1) is 21.2. The Labute approximate surface area is 268 Å². The molecule has 44 heavy (non-hydrogen) atoms. The zero-order chi connectivity index (χ0) is 31.0. The minimum absolute atomic E-state index is 0.00750. The van der Waals surface area contributed by atoms with E-state index in [2.05, 4.69) is 23.1 Å². The fourth-order valence-corrected chi connectivity index (χ4v) is 7.39. The molecule has 1 spiro atoms. The Kier molecular flexibility index (Phi) is 8.69. The molecule has 0 unspecified atom stereocenters. The van der Waals surface area contributed by atoms with E-state index in [4.69, 9.17) is 23.2 Å². The third kappa shape index (κ3) is 5.83. The molecule has 8 heteroatoms. The summed E-state index contributed by atoms with van der Waals surface area (Å²) in [5.74, 6) is -0.386. The number of para-hydroxylation sites is 1. The molecule has 1 atom stereocenters. The van der Waals surface area contributed by atoms with Gasteiger partial charge >= 0.3 is 0 Å². The van der Waals surface area contributed by atoms with Crippen molar-refractivity contribution in [3.63, 3.8) is 0 Å². The molecule has 0 aliphatic carbocycles. The SMILES string of the molecule is CC(=O)N1CC2(CCN(CC[C@H](CN(C)C(=O)c3ccc(F)c4ccccc34)c3ccc(Cl)c(Cl)c3)CC2)c2ccccc21. The number of likely N-dealkylation sites (tertiary alicyclic amines) is 1. The molecule has 4 aromatic rings. The van der Waals surface area contributed by atoms with Gasteiger partial charge in [-0.1, -0.05) is 71.7 Å². The number of hydrogen-bond donors (Lipinski definition) is 0. The average Bonchev–Trinajstić information content (AvgIpc) is 3.35. The minimum Gasteiger partial charge on any atom is -0.341 e. The molecule has 2 aliphatic heterocycles. The van der Waals surface area contributed by atoms with Gasteiger partial charge < -0.3 is 14.7 Å². The molecular formula is C36H36Cl2FN3O2. The molecular weight excluding hydrogens is 596 g/mol. The number of benzene rings is 4. The molecule has 6 rings (SSSR count). The Morgan fingerprint density at radius 3 is 2.36 bits per heavy atom. The standard InChI is InChI=1S/C36H36Cl2FN3O2/c1-24(43)42-23-36(30-9-5-6-10-34(30)42)16-19-41(20-17-36)18-15-26(25-11-13-31(37)32(38)21-25)22-40(2)35(44)29-12-14-33(39)28-8-4-3-7-27(28)29/h3-14,21,26H,15-20,22-23H2,1-2H3/t26-/m1/s1. The van der Waals surface area contributed by atoms with Crippen LogP contribution in [-0.4, -0.2) is 61.4 Å². The highest BCUT2D eigenvalue weighted by Crippen LogP contribution is 2.47. The van der Waals surface area contributed by atoms with Crippen LogP contribution in [0.4, 0.5) is 10.1 Å². The topological polar surface area (TPSA) is 43.9 Å². The lowest BCUT2D eigenvalue weighted by atomic mass is 9.74. The summed E-state index contributed by atoms with van der Waals surface area (Å²) in [6.07, 6.45) is 2.80. The van der Waals surface area contributed by atoms with Crippen LogP contribution in [-0.2, 0) is 10.2 Å². The number of piperidine rings is 1. The molecule has 0 bridgehead atoms. The Balaban J connectivity index is 1.17. The van der Waals surface area contributed by atoms with Crippen LogP contribution < -0.4 is 4.90 Å². The highest BCUT2D eigenvalue weighted by molar-refractivity contribution is 6.42. The molecule has 0 aromatic heterocycles. The second kappa shape index (κ2) is 12.5. The van der Waals surface area contributed by atoms with Crippen molar-refractivity contribution in [2.45, 2.75) is 37.5 Å². The normalized spacial score (nSPS) is 16.7. The van der Waals surface area contributed by atoms with Crippen molar-refractivity contribution in [3.8, 4) is 0 Å². The molecule has 0 radical (unpaired) electrons. The fraction of sp³-hybridized carbons (Fsp3) is 0.333. The number of amides is 2.